The van der Waals surface area contributed by atoms with E-state index in [1.807, 2.05) is 79.7 Å². The molecule has 0 heterocycles. The number of amides is 1. The second kappa shape index (κ2) is 7.31. The molecule has 2 N–H and O–H groups in total. The quantitative estimate of drug-likeness (QED) is 0.714. The van der Waals surface area contributed by atoms with Gasteiger partial charge in [-0.1, -0.05) is 78.4 Å². The number of nitrogens with one attached hydrogen (secondary N) is 1. The number of carboxylic acids is 1. The van der Waals surface area contributed by atoms with Gasteiger partial charge in [0.1, 0.15) is 6.04 Å². The molecule has 0 spiro atoms. The molecule has 0 fully saturated rings. The Balaban J connectivity index is 1.62. The van der Waals surface area contributed by atoms with Gasteiger partial charge in [-0.25, -0.2) is 4.79 Å². The van der Waals surface area contributed by atoms with E-state index >= 15 is 0 Å². The molecule has 140 valence electrons. The molecular weight excluding hydrogens is 350 g/mol. The summed E-state index contributed by atoms with van der Waals surface area (Å²) in [6.07, 6.45) is 0.249. The zero-order valence-electron chi connectivity index (χ0n) is 15.6. The van der Waals surface area contributed by atoms with Crippen molar-refractivity contribution in [1.82, 2.24) is 5.32 Å². The number of hydrogen-bond donors (Lipinski definition) is 2. The first-order chi connectivity index (χ1) is 13.5. The fraction of sp³-hybridized carbons (Fsp3) is 0.167. The first-order valence-electron chi connectivity index (χ1n) is 9.31. The molecular formula is C24H21NO3. The van der Waals surface area contributed by atoms with Gasteiger partial charge in [-0.2, -0.15) is 0 Å². The van der Waals surface area contributed by atoms with Gasteiger partial charge in [0.2, 0.25) is 5.91 Å². The Morgan fingerprint density at radius 2 is 1.54 bits per heavy atom. The van der Waals surface area contributed by atoms with Crippen molar-refractivity contribution in [1.29, 1.82) is 0 Å². The number of carboxylic acid groups (broad SMARTS) is 1. The number of hydrogen-bond acceptors (Lipinski definition) is 2. The number of carbonyl (C=O) groups excluding carboxylic acids is 1. The van der Waals surface area contributed by atoms with Gasteiger partial charge in [0.15, 0.2) is 0 Å². The van der Waals surface area contributed by atoms with Crippen molar-refractivity contribution in [3.63, 3.8) is 0 Å². The van der Waals surface area contributed by atoms with Gasteiger partial charge in [-0.15, -0.1) is 0 Å². The average Bonchev–Trinajstić information content (AvgIpc) is 3.02. The standard InChI is InChI=1S/C24H21NO3/c1-15-7-6-8-16(13-15)14-21(24(27)28)25-23(26)22-19-11-4-2-9-17(19)18-10-3-5-12-20(18)22/h2-13,21-22H,14H2,1H3,(H,25,26)(H,27,28)/t21-/m0/s1. The summed E-state index contributed by atoms with van der Waals surface area (Å²) >= 11 is 0. The van der Waals surface area contributed by atoms with Crippen LogP contribution in [0.15, 0.2) is 72.8 Å². The number of carbonyl (C=O) groups is 2. The van der Waals surface area contributed by atoms with Crippen LogP contribution in [-0.4, -0.2) is 23.0 Å². The molecule has 1 amide bonds. The summed E-state index contributed by atoms with van der Waals surface area (Å²) in [5.41, 5.74) is 5.85. The van der Waals surface area contributed by atoms with E-state index in [0.29, 0.717) is 0 Å². The van der Waals surface area contributed by atoms with E-state index in [1.165, 1.54) is 0 Å². The van der Waals surface area contributed by atoms with Gasteiger partial charge in [-0.3, -0.25) is 4.79 Å². The van der Waals surface area contributed by atoms with Crippen LogP contribution in [-0.2, 0) is 16.0 Å². The third-order valence-corrected chi connectivity index (χ3v) is 5.23. The highest BCUT2D eigenvalue weighted by Gasteiger charge is 2.35. The molecule has 0 unspecified atom stereocenters. The molecule has 0 saturated carbocycles. The van der Waals surface area contributed by atoms with E-state index in [-0.39, 0.29) is 12.3 Å². The Hall–Kier alpha value is -3.40. The number of rotatable bonds is 5. The molecule has 1 aliphatic carbocycles. The van der Waals surface area contributed by atoms with Crippen LogP contribution in [0.5, 0.6) is 0 Å². The minimum atomic E-state index is -1.03. The normalized spacial score (nSPS) is 13.5. The zero-order valence-corrected chi connectivity index (χ0v) is 15.6. The van der Waals surface area contributed by atoms with E-state index in [9.17, 15) is 14.7 Å². The topological polar surface area (TPSA) is 66.4 Å². The van der Waals surface area contributed by atoms with Crippen LogP contribution in [0.4, 0.5) is 0 Å². The Bertz CT molecular complexity index is 1010. The van der Waals surface area contributed by atoms with Gasteiger partial charge < -0.3 is 10.4 Å². The Labute approximate surface area is 163 Å². The molecule has 0 bridgehead atoms. The molecule has 28 heavy (non-hydrogen) atoms. The lowest BCUT2D eigenvalue weighted by Crippen LogP contribution is -2.44. The number of aryl methyl sites for hydroxylation is 1. The molecule has 0 aromatic heterocycles. The molecule has 4 rings (SSSR count). The molecule has 4 heteroatoms. The minimum absolute atomic E-state index is 0.249. The molecule has 4 nitrogen and oxygen atoms in total. The predicted octanol–water partition coefficient (Wildman–Crippen LogP) is 3.92. The molecule has 0 saturated heterocycles. The van der Waals surface area contributed by atoms with Crippen molar-refractivity contribution in [3.8, 4) is 11.1 Å². The van der Waals surface area contributed by atoms with E-state index in [1.54, 1.807) is 0 Å². The van der Waals surface area contributed by atoms with Gasteiger partial charge in [0.05, 0.1) is 5.92 Å². The SMILES string of the molecule is Cc1cccc(C[C@H](NC(=O)C2c3ccccc3-c3ccccc32)C(=O)O)c1. The largest absolute Gasteiger partial charge is 0.480 e. The van der Waals surface area contributed by atoms with Crippen LogP contribution in [0.25, 0.3) is 11.1 Å². The van der Waals surface area contributed by atoms with E-state index in [2.05, 4.69) is 5.32 Å². The van der Waals surface area contributed by atoms with Crippen molar-refractivity contribution < 1.29 is 14.7 Å². The van der Waals surface area contributed by atoms with Gasteiger partial charge in [0, 0.05) is 6.42 Å². The smallest absolute Gasteiger partial charge is 0.326 e. The summed E-state index contributed by atoms with van der Waals surface area (Å²) in [6, 6.07) is 22.3. The average molecular weight is 371 g/mol. The van der Waals surface area contributed by atoms with Crippen molar-refractivity contribution in [2.24, 2.45) is 0 Å². The maximum Gasteiger partial charge on any atom is 0.326 e. The molecule has 1 atom stereocenters. The Morgan fingerprint density at radius 1 is 0.929 bits per heavy atom. The molecule has 0 aliphatic heterocycles. The molecule has 1 aliphatic rings. The second-order valence-corrected chi connectivity index (χ2v) is 7.20. The van der Waals surface area contributed by atoms with Crippen LogP contribution < -0.4 is 5.32 Å². The van der Waals surface area contributed by atoms with Crippen molar-refractivity contribution >= 4 is 11.9 Å². The summed E-state index contributed by atoms with van der Waals surface area (Å²) in [6.45, 7) is 1.96. The summed E-state index contributed by atoms with van der Waals surface area (Å²) in [5.74, 6) is -1.81. The second-order valence-electron chi connectivity index (χ2n) is 7.20. The van der Waals surface area contributed by atoms with Crippen LogP contribution in [0.2, 0.25) is 0 Å². The highest BCUT2D eigenvalue weighted by molar-refractivity contribution is 5.97. The Kier molecular flexibility index (Phi) is 4.70. The highest BCUT2D eigenvalue weighted by Crippen LogP contribution is 2.44. The minimum Gasteiger partial charge on any atom is -0.480 e. The van der Waals surface area contributed by atoms with Crippen molar-refractivity contribution in [2.45, 2.75) is 25.3 Å². The van der Waals surface area contributed by atoms with Crippen LogP contribution in [0.3, 0.4) is 0 Å². The summed E-state index contributed by atoms with van der Waals surface area (Å²) in [5, 5.41) is 12.4. The van der Waals surface area contributed by atoms with Crippen LogP contribution in [0.1, 0.15) is 28.2 Å². The molecule has 3 aromatic rings. The van der Waals surface area contributed by atoms with E-state index in [4.69, 9.17) is 0 Å². The number of aliphatic carboxylic acids is 1. The van der Waals surface area contributed by atoms with Gasteiger partial charge in [0.25, 0.3) is 0 Å². The predicted molar refractivity (Wildman–Crippen MR) is 108 cm³/mol. The van der Waals surface area contributed by atoms with E-state index < -0.39 is 17.9 Å². The molecule has 3 aromatic carbocycles. The first kappa shape index (κ1) is 18.0. The number of benzene rings is 3. The lowest BCUT2D eigenvalue weighted by molar-refractivity contribution is -0.141. The lowest BCUT2D eigenvalue weighted by atomic mass is 9.95. The summed E-state index contributed by atoms with van der Waals surface area (Å²) in [4.78, 5) is 25.0. The summed E-state index contributed by atoms with van der Waals surface area (Å²) < 4.78 is 0. The van der Waals surface area contributed by atoms with Crippen LogP contribution in [0, 0.1) is 6.92 Å². The maximum absolute atomic E-state index is 13.2. The first-order valence-corrected chi connectivity index (χ1v) is 9.31. The third-order valence-electron chi connectivity index (χ3n) is 5.23. The fourth-order valence-corrected chi connectivity index (χ4v) is 3.97. The van der Waals surface area contributed by atoms with Crippen molar-refractivity contribution in [3.05, 3.63) is 95.1 Å². The highest BCUT2D eigenvalue weighted by atomic mass is 16.4. The monoisotopic (exact) mass is 371 g/mol. The van der Waals surface area contributed by atoms with Gasteiger partial charge >= 0.3 is 5.97 Å². The molecule has 0 radical (unpaired) electrons. The summed E-state index contributed by atoms with van der Waals surface area (Å²) in [7, 11) is 0. The van der Waals surface area contributed by atoms with Crippen LogP contribution >= 0.6 is 0 Å². The van der Waals surface area contributed by atoms with Crippen molar-refractivity contribution in [2.75, 3.05) is 0 Å². The maximum atomic E-state index is 13.2. The Morgan fingerprint density at radius 3 is 2.11 bits per heavy atom. The third kappa shape index (κ3) is 3.29. The fourth-order valence-electron chi connectivity index (χ4n) is 3.97. The van der Waals surface area contributed by atoms with Gasteiger partial charge in [-0.05, 0) is 34.7 Å². The lowest BCUT2D eigenvalue weighted by Gasteiger charge is -2.19. The number of fused-ring (bicyclic) bond motifs is 3. The zero-order chi connectivity index (χ0) is 19.7. The van der Waals surface area contributed by atoms with E-state index in [0.717, 1.165) is 33.4 Å².